The quantitative estimate of drug-likeness (QED) is 0.634. The first-order valence-corrected chi connectivity index (χ1v) is 10.3. The number of aromatic nitrogens is 4. The summed E-state index contributed by atoms with van der Waals surface area (Å²) < 4.78 is 91.4. The number of halogens is 6. The van der Waals surface area contributed by atoms with Crippen LogP contribution in [0.3, 0.4) is 0 Å². The Hall–Kier alpha value is -2.25. The second-order valence-corrected chi connectivity index (χ2v) is 8.72. The van der Waals surface area contributed by atoms with Crippen LogP contribution in [-0.4, -0.2) is 45.0 Å². The Labute approximate surface area is 185 Å². The number of piperidine rings is 1. The van der Waals surface area contributed by atoms with Crippen molar-refractivity contribution in [2.45, 2.75) is 75.5 Å². The van der Waals surface area contributed by atoms with Gasteiger partial charge in [0.15, 0.2) is 5.82 Å². The van der Waals surface area contributed by atoms with Crippen molar-refractivity contribution in [2.24, 2.45) is 0 Å². The molecule has 4 atom stereocenters. The van der Waals surface area contributed by atoms with Crippen molar-refractivity contribution in [2.75, 3.05) is 7.11 Å². The van der Waals surface area contributed by atoms with E-state index in [-0.39, 0.29) is 36.9 Å². The molecule has 4 rings (SSSR count). The largest absolute Gasteiger partial charge is 0.416 e. The van der Waals surface area contributed by atoms with Crippen molar-refractivity contribution in [3.63, 3.8) is 0 Å². The van der Waals surface area contributed by atoms with Crippen LogP contribution in [0.25, 0.3) is 0 Å². The number of hydrogen-bond acceptors (Lipinski definition) is 6. The predicted octanol–water partition coefficient (Wildman–Crippen LogP) is 3.90. The molecule has 4 unspecified atom stereocenters. The zero-order valence-corrected chi connectivity index (χ0v) is 17.9. The minimum absolute atomic E-state index is 0.0286. The molecule has 2 aliphatic heterocycles. The minimum atomic E-state index is -4.90. The predicted molar refractivity (Wildman–Crippen MR) is 102 cm³/mol. The summed E-state index contributed by atoms with van der Waals surface area (Å²) >= 11 is 0. The molecule has 0 aliphatic carbocycles. The first-order chi connectivity index (χ1) is 15.4. The van der Waals surface area contributed by atoms with Gasteiger partial charge in [0.2, 0.25) is 0 Å². The van der Waals surface area contributed by atoms with Crippen molar-refractivity contribution in [3.8, 4) is 0 Å². The van der Waals surface area contributed by atoms with Gasteiger partial charge in [-0.2, -0.15) is 26.3 Å². The standard InChI is InChI=1S/C20H23F6N5O2/c1-18-8-14(17-28-29-30-31(17)10-32-2)15(27-18)3-4-16(18)33-9-11-5-12(19(21,22)23)7-13(6-11)20(24,25)26/h5-7,14-16,27H,3-4,8-10H2,1-2H3. The third kappa shape index (κ3) is 4.85. The molecule has 2 fully saturated rings. The summed E-state index contributed by atoms with van der Waals surface area (Å²) in [7, 11) is 1.53. The van der Waals surface area contributed by atoms with E-state index in [9.17, 15) is 26.3 Å². The molecule has 0 radical (unpaired) electrons. The Morgan fingerprint density at radius 2 is 1.76 bits per heavy atom. The number of nitrogens with one attached hydrogen (secondary N) is 1. The molecular formula is C20H23F6N5O2. The SMILES string of the molecule is COCn1nnnc1C1CC2(C)NC1CCC2OCc1cc(C(F)(F)F)cc(C(F)(F)F)c1. The molecule has 33 heavy (non-hydrogen) atoms. The summed E-state index contributed by atoms with van der Waals surface area (Å²) in [6, 6.07) is 1.59. The molecule has 2 aliphatic rings. The third-order valence-electron chi connectivity index (χ3n) is 6.34. The minimum Gasteiger partial charge on any atom is -0.372 e. The van der Waals surface area contributed by atoms with Gasteiger partial charge in [-0.25, -0.2) is 4.68 Å². The van der Waals surface area contributed by atoms with Gasteiger partial charge in [-0.1, -0.05) is 0 Å². The van der Waals surface area contributed by atoms with E-state index in [1.807, 2.05) is 6.92 Å². The van der Waals surface area contributed by atoms with Crippen molar-refractivity contribution < 1.29 is 35.8 Å². The van der Waals surface area contributed by atoms with Gasteiger partial charge >= 0.3 is 12.4 Å². The highest BCUT2D eigenvalue weighted by Gasteiger charge is 2.52. The van der Waals surface area contributed by atoms with Gasteiger partial charge in [0, 0.05) is 24.6 Å². The van der Waals surface area contributed by atoms with Crippen LogP contribution in [0.5, 0.6) is 0 Å². The van der Waals surface area contributed by atoms with Crippen LogP contribution in [-0.2, 0) is 35.2 Å². The molecule has 182 valence electrons. The zero-order valence-electron chi connectivity index (χ0n) is 17.9. The van der Waals surface area contributed by atoms with E-state index < -0.39 is 35.1 Å². The van der Waals surface area contributed by atoms with Crippen LogP contribution in [0.15, 0.2) is 18.2 Å². The number of ether oxygens (including phenoxy) is 2. The van der Waals surface area contributed by atoms with Gasteiger partial charge < -0.3 is 14.8 Å². The fraction of sp³-hybridized carbons (Fsp3) is 0.650. The molecule has 0 spiro atoms. The molecule has 0 saturated carbocycles. The Bertz CT molecular complexity index is 962. The lowest BCUT2D eigenvalue weighted by atomic mass is 9.88. The summed E-state index contributed by atoms with van der Waals surface area (Å²) in [6.07, 6.45) is -8.31. The van der Waals surface area contributed by atoms with Gasteiger partial charge in [0.05, 0.1) is 23.8 Å². The number of alkyl halides is 6. The van der Waals surface area contributed by atoms with E-state index in [1.165, 1.54) is 7.11 Å². The molecule has 0 amide bonds. The lowest BCUT2D eigenvalue weighted by molar-refractivity contribution is -0.143. The number of nitrogens with zero attached hydrogens (tertiary/aromatic N) is 4. The van der Waals surface area contributed by atoms with Gasteiger partial charge in [0.1, 0.15) is 6.73 Å². The molecular weight excluding hydrogens is 456 g/mol. The Morgan fingerprint density at radius 3 is 2.36 bits per heavy atom. The average Bonchev–Trinajstić information content (AvgIpc) is 3.28. The summed E-state index contributed by atoms with van der Waals surface area (Å²) in [4.78, 5) is 0. The topological polar surface area (TPSA) is 74.1 Å². The van der Waals surface area contributed by atoms with E-state index in [0.29, 0.717) is 37.2 Å². The summed E-state index contributed by atoms with van der Waals surface area (Å²) in [5.41, 5.74) is -3.42. The van der Waals surface area contributed by atoms with Crippen LogP contribution < -0.4 is 5.32 Å². The smallest absolute Gasteiger partial charge is 0.372 e. The summed E-state index contributed by atoms with van der Waals surface area (Å²) in [6.45, 7) is 1.76. The maximum absolute atomic E-state index is 13.1. The molecule has 2 aromatic rings. The fourth-order valence-corrected chi connectivity index (χ4v) is 4.86. The number of rotatable bonds is 6. The Balaban J connectivity index is 1.51. The van der Waals surface area contributed by atoms with Crippen LogP contribution in [0, 0.1) is 0 Å². The average molecular weight is 479 g/mol. The van der Waals surface area contributed by atoms with Crippen LogP contribution >= 0.6 is 0 Å². The van der Waals surface area contributed by atoms with E-state index in [4.69, 9.17) is 9.47 Å². The van der Waals surface area contributed by atoms with Crippen molar-refractivity contribution >= 4 is 0 Å². The summed E-state index contributed by atoms with van der Waals surface area (Å²) in [5.74, 6) is 0.630. The second-order valence-electron chi connectivity index (χ2n) is 8.72. The Kier molecular flexibility index (Phi) is 6.16. The molecule has 13 heteroatoms. The van der Waals surface area contributed by atoms with Gasteiger partial charge in [-0.05, 0) is 60.4 Å². The number of methoxy groups -OCH3 is 1. The number of hydrogen-bond donors (Lipinski definition) is 1. The van der Waals surface area contributed by atoms with Gasteiger partial charge in [0.25, 0.3) is 0 Å². The van der Waals surface area contributed by atoms with E-state index in [0.717, 1.165) is 0 Å². The highest BCUT2D eigenvalue weighted by molar-refractivity contribution is 5.33. The Morgan fingerprint density at radius 1 is 1.09 bits per heavy atom. The highest BCUT2D eigenvalue weighted by Crippen LogP contribution is 2.45. The van der Waals surface area contributed by atoms with Crippen LogP contribution in [0.2, 0.25) is 0 Å². The number of fused-ring (bicyclic) bond motifs is 2. The first kappa shape index (κ1) is 23.9. The number of benzene rings is 1. The van der Waals surface area contributed by atoms with Crippen molar-refractivity contribution in [1.29, 1.82) is 0 Å². The summed E-state index contributed by atoms with van der Waals surface area (Å²) in [5, 5.41) is 15.3. The normalized spacial score (nSPS) is 27.8. The van der Waals surface area contributed by atoms with Crippen molar-refractivity contribution in [1.82, 2.24) is 25.5 Å². The van der Waals surface area contributed by atoms with Gasteiger partial charge in [-0.3, -0.25) is 0 Å². The van der Waals surface area contributed by atoms with Crippen LogP contribution in [0.1, 0.15) is 54.6 Å². The van der Waals surface area contributed by atoms with Crippen LogP contribution in [0.4, 0.5) is 26.3 Å². The molecule has 1 aromatic heterocycles. The van der Waals surface area contributed by atoms with E-state index >= 15 is 0 Å². The second kappa shape index (κ2) is 8.51. The third-order valence-corrected chi connectivity index (χ3v) is 6.34. The fourth-order valence-electron chi connectivity index (χ4n) is 4.86. The van der Waals surface area contributed by atoms with Crippen molar-refractivity contribution in [3.05, 3.63) is 40.7 Å². The van der Waals surface area contributed by atoms with E-state index in [2.05, 4.69) is 20.8 Å². The number of tetrazole rings is 1. The molecule has 1 aromatic carbocycles. The first-order valence-electron chi connectivity index (χ1n) is 10.3. The lowest BCUT2D eigenvalue weighted by Crippen LogP contribution is -2.54. The lowest BCUT2D eigenvalue weighted by Gasteiger charge is -2.39. The molecule has 7 nitrogen and oxygen atoms in total. The maximum Gasteiger partial charge on any atom is 0.416 e. The maximum atomic E-state index is 13.1. The van der Waals surface area contributed by atoms with E-state index in [1.54, 1.807) is 4.68 Å². The van der Waals surface area contributed by atoms with Gasteiger partial charge in [-0.15, -0.1) is 5.10 Å². The highest BCUT2D eigenvalue weighted by atomic mass is 19.4. The monoisotopic (exact) mass is 479 g/mol. The zero-order chi connectivity index (χ0) is 24.0. The molecule has 3 heterocycles. The molecule has 2 saturated heterocycles. The molecule has 1 N–H and O–H groups in total. The molecule has 2 bridgehead atoms.